The van der Waals surface area contributed by atoms with Crippen LogP contribution in [0.3, 0.4) is 0 Å². The Kier molecular flexibility index (Phi) is 4.47. The molecule has 0 unspecified atom stereocenters. The number of rotatable bonds is 2. The van der Waals surface area contributed by atoms with Gasteiger partial charge in [0.15, 0.2) is 0 Å². The van der Waals surface area contributed by atoms with Crippen LogP contribution in [0.2, 0.25) is 5.02 Å². The molecule has 0 N–H and O–H groups in total. The minimum atomic E-state index is -2.86. The maximum absolute atomic E-state index is 13.6. The number of amides is 2. The number of benzene rings is 1. The highest BCUT2D eigenvalue weighted by atomic mass is 35.5. The van der Waals surface area contributed by atoms with Crippen LogP contribution in [0, 0.1) is 0 Å². The lowest BCUT2D eigenvalue weighted by Gasteiger charge is -2.30. The van der Waals surface area contributed by atoms with E-state index in [4.69, 9.17) is 34.8 Å². The molecule has 1 aromatic carbocycles. The molecule has 17 heavy (non-hydrogen) atoms. The van der Waals surface area contributed by atoms with Gasteiger partial charge in [-0.2, -0.15) is 4.39 Å². The first kappa shape index (κ1) is 14.4. The Morgan fingerprint density at radius 3 is 2.35 bits per heavy atom. The lowest BCUT2D eigenvalue weighted by Crippen LogP contribution is -2.47. The Bertz CT molecular complexity index is 420. The van der Waals surface area contributed by atoms with Gasteiger partial charge in [-0.25, -0.2) is 9.69 Å². The van der Waals surface area contributed by atoms with E-state index in [-0.39, 0.29) is 5.69 Å². The first-order valence-electron chi connectivity index (χ1n) is 4.57. The standard InChI is InChI=1S/C10H10Cl3FN2O/c1-15(2)9(17)16(10(12,13)14)8-5-3-4-7(11)6-8/h3-6H,1-2H3. The predicted molar refractivity (Wildman–Crippen MR) is 68.6 cm³/mol. The summed E-state index contributed by atoms with van der Waals surface area (Å²) in [4.78, 5) is 13.6. The molecule has 0 spiro atoms. The van der Waals surface area contributed by atoms with Crippen molar-refractivity contribution in [1.82, 2.24) is 4.90 Å². The minimum Gasteiger partial charge on any atom is -0.330 e. The summed E-state index contributed by atoms with van der Waals surface area (Å²) in [5, 5.41) is 0.344. The molecule has 0 bridgehead atoms. The highest BCUT2D eigenvalue weighted by molar-refractivity contribution is 6.49. The fourth-order valence-corrected chi connectivity index (χ4v) is 1.70. The van der Waals surface area contributed by atoms with Gasteiger partial charge in [-0.05, 0) is 41.4 Å². The molecule has 0 atom stereocenters. The van der Waals surface area contributed by atoms with Gasteiger partial charge in [0.1, 0.15) is 0 Å². The van der Waals surface area contributed by atoms with Crippen molar-refractivity contribution in [2.45, 2.75) is 4.71 Å². The number of urea groups is 1. The zero-order valence-corrected chi connectivity index (χ0v) is 11.4. The summed E-state index contributed by atoms with van der Waals surface area (Å²) in [5.41, 5.74) is 0.170. The monoisotopic (exact) mass is 298 g/mol. The van der Waals surface area contributed by atoms with Gasteiger partial charge in [-0.1, -0.05) is 17.7 Å². The largest absolute Gasteiger partial charge is 0.344 e. The van der Waals surface area contributed by atoms with Gasteiger partial charge < -0.3 is 4.90 Å². The molecular formula is C10H10Cl3FN2O. The molecule has 2 amide bonds. The number of carbonyl (C=O) groups is 1. The van der Waals surface area contributed by atoms with E-state index in [2.05, 4.69) is 0 Å². The van der Waals surface area contributed by atoms with Crippen LogP contribution in [0.5, 0.6) is 0 Å². The van der Waals surface area contributed by atoms with Gasteiger partial charge in [0, 0.05) is 19.1 Å². The summed E-state index contributed by atoms with van der Waals surface area (Å²) in [7, 11) is 2.92. The van der Waals surface area contributed by atoms with Crippen molar-refractivity contribution in [2.75, 3.05) is 19.0 Å². The summed E-state index contributed by atoms with van der Waals surface area (Å²) in [5.74, 6) is 0. The van der Waals surface area contributed by atoms with E-state index >= 15 is 0 Å². The van der Waals surface area contributed by atoms with Crippen molar-refractivity contribution >= 4 is 46.5 Å². The molecule has 0 radical (unpaired) electrons. The first-order chi connectivity index (χ1) is 7.73. The van der Waals surface area contributed by atoms with Crippen LogP contribution >= 0.6 is 34.8 Å². The highest BCUT2D eigenvalue weighted by Gasteiger charge is 2.38. The van der Waals surface area contributed by atoms with Gasteiger partial charge in [-0.3, -0.25) is 0 Å². The number of halogens is 4. The van der Waals surface area contributed by atoms with Gasteiger partial charge in [-0.15, -0.1) is 0 Å². The molecule has 0 heterocycles. The normalized spacial score (nSPS) is 11.2. The third kappa shape index (κ3) is 3.63. The summed E-state index contributed by atoms with van der Waals surface area (Å²) in [6, 6.07) is 5.33. The second kappa shape index (κ2) is 5.29. The Labute approximate surface area is 114 Å². The van der Waals surface area contributed by atoms with Gasteiger partial charge in [0.25, 0.3) is 0 Å². The lowest BCUT2D eigenvalue weighted by atomic mass is 10.3. The molecule has 0 aliphatic carbocycles. The van der Waals surface area contributed by atoms with Crippen molar-refractivity contribution in [3.05, 3.63) is 29.3 Å². The molecule has 0 aromatic heterocycles. The van der Waals surface area contributed by atoms with E-state index in [1.807, 2.05) is 0 Å². The Morgan fingerprint density at radius 2 is 1.94 bits per heavy atom. The molecule has 0 fully saturated rings. The van der Waals surface area contributed by atoms with Crippen molar-refractivity contribution in [3.8, 4) is 0 Å². The number of anilines is 1. The molecule has 0 saturated heterocycles. The second-order valence-electron chi connectivity index (χ2n) is 3.46. The molecule has 7 heteroatoms. The van der Waals surface area contributed by atoms with Crippen molar-refractivity contribution in [1.29, 1.82) is 0 Å². The van der Waals surface area contributed by atoms with Crippen LogP contribution in [-0.2, 0) is 0 Å². The Morgan fingerprint density at radius 1 is 1.35 bits per heavy atom. The SMILES string of the molecule is CN(C)C(=O)N(c1cccc(Cl)c1)C(F)(Cl)Cl. The molecular weight excluding hydrogens is 289 g/mol. The summed E-state index contributed by atoms with van der Waals surface area (Å²) >= 11 is 16.5. The van der Waals surface area contributed by atoms with Crippen LogP contribution in [0.1, 0.15) is 0 Å². The molecule has 0 saturated carbocycles. The Hall–Kier alpha value is -0.710. The van der Waals surface area contributed by atoms with E-state index < -0.39 is 10.7 Å². The fourth-order valence-electron chi connectivity index (χ4n) is 1.18. The van der Waals surface area contributed by atoms with Gasteiger partial charge in [0.05, 0.1) is 5.69 Å². The third-order valence-corrected chi connectivity index (χ3v) is 2.47. The van der Waals surface area contributed by atoms with Gasteiger partial charge >= 0.3 is 10.7 Å². The summed E-state index contributed by atoms with van der Waals surface area (Å²) in [6.07, 6.45) is 0. The van der Waals surface area contributed by atoms with Crippen LogP contribution < -0.4 is 4.90 Å². The second-order valence-corrected chi connectivity index (χ2v) is 5.09. The van der Waals surface area contributed by atoms with Crippen LogP contribution in [0.15, 0.2) is 24.3 Å². The maximum atomic E-state index is 13.6. The maximum Gasteiger partial charge on any atom is 0.344 e. The van der Waals surface area contributed by atoms with Gasteiger partial charge in [0.2, 0.25) is 0 Å². The number of nitrogens with zero attached hydrogens (tertiary/aromatic N) is 2. The Balaban J connectivity index is 3.21. The van der Waals surface area contributed by atoms with E-state index in [1.54, 1.807) is 12.1 Å². The smallest absolute Gasteiger partial charge is 0.330 e. The number of carbonyl (C=O) groups excluding carboxylic acids is 1. The van der Waals surface area contributed by atoms with Crippen LogP contribution in [-0.4, -0.2) is 29.7 Å². The third-order valence-electron chi connectivity index (χ3n) is 1.89. The quantitative estimate of drug-likeness (QED) is 0.600. The number of alkyl halides is 3. The van der Waals surface area contributed by atoms with Crippen molar-refractivity contribution < 1.29 is 9.18 Å². The van der Waals surface area contributed by atoms with Crippen molar-refractivity contribution in [2.24, 2.45) is 0 Å². The van der Waals surface area contributed by atoms with Crippen LogP contribution in [0.4, 0.5) is 14.9 Å². The average molecular weight is 300 g/mol. The van der Waals surface area contributed by atoms with Crippen molar-refractivity contribution in [3.63, 3.8) is 0 Å². The highest BCUT2D eigenvalue weighted by Crippen LogP contribution is 2.34. The first-order valence-corrected chi connectivity index (χ1v) is 5.70. The molecule has 1 rings (SSSR count). The molecule has 3 nitrogen and oxygen atoms in total. The lowest BCUT2D eigenvalue weighted by molar-refractivity contribution is 0.215. The van der Waals surface area contributed by atoms with E-state index in [1.165, 1.54) is 26.2 Å². The number of hydrogen-bond acceptors (Lipinski definition) is 1. The predicted octanol–water partition coefficient (Wildman–Crippen LogP) is 3.89. The molecule has 0 aliphatic rings. The minimum absolute atomic E-state index is 0.170. The summed E-state index contributed by atoms with van der Waals surface area (Å²) < 4.78 is 10.8. The average Bonchev–Trinajstić information content (AvgIpc) is 2.15. The fraction of sp³-hybridized carbons (Fsp3) is 0.300. The van der Waals surface area contributed by atoms with E-state index in [0.717, 1.165) is 4.90 Å². The van der Waals surface area contributed by atoms with E-state index in [9.17, 15) is 9.18 Å². The zero-order chi connectivity index (χ0) is 13.2. The number of hydrogen-bond donors (Lipinski definition) is 0. The van der Waals surface area contributed by atoms with E-state index in [0.29, 0.717) is 9.92 Å². The molecule has 0 aliphatic heterocycles. The topological polar surface area (TPSA) is 23.6 Å². The zero-order valence-electron chi connectivity index (χ0n) is 9.12. The molecule has 1 aromatic rings. The van der Waals surface area contributed by atoms with Crippen LogP contribution in [0.25, 0.3) is 0 Å². The molecule has 94 valence electrons. The summed E-state index contributed by atoms with van der Waals surface area (Å²) in [6.45, 7) is 0.